The Hall–Kier alpha value is -3.85. The lowest BCUT2D eigenvalue weighted by molar-refractivity contribution is 0.187. The molecule has 0 radical (unpaired) electrons. The average Bonchev–Trinajstić information content (AvgIpc) is 3.39. The Morgan fingerprint density at radius 3 is 2.66 bits per heavy atom. The van der Waals surface area contributed by atoms with Crippen molar-refractivity contribution in [3.05, 3.63) is 82.8 Å². The second kappa shape index (κ2) is 10.5. The van der Waals surface area contributed by atoms with E-state index in [9.17, 15) is 4.39 Å². The molecule has 7 nitrogen and oxygen atoms in total. The molecule has 7 rings (SSSR count). The van der Waals surface area contributed by atoms with E-state index >= 15 is 4.39 Å². The number of nitrogens with zero attached hydrogens (tertiary/aromatic N) is 6. The van der Waals surface area contributed by atoms with Crippen LogP contribution in [0.3, 0.4) is 0 Å². The van der Waals surface area contributed by atoms with Gasteiger partial charge in [-0.05, 0) is 69.3 Å². The van der Waals surface area contributed by atoms with Gasteiger partial charge < -0.3 is 19.4 Å². The van der Waals surface area contributed by atoms with Crippen LogP contribution in [0.25, 0.3) is 10.8 Å². The largest absolute Gasteiger partial charge is 0.462 e. The van der Waals surface area contributed by atoms with Crippen molar-refractivity contribution in [2.45, 2.75) is 57.8 Å². The Morgan fingerprint density at radius 1 is 0.976 bits per heavy atom. The van der Waals surface area contributed by atoms with Gasteiger partial charge >= 0.3 is 6.01 Å². The van der Waals surface area contributed by atoms with Gasteiger partial charge in [-0.1, -0.05) is 24.3 Å². The number of benzene rings is 2. The van der Waals surface area contributed by atoms with Crippen LogP contribution in [0.1, 0.15) is 42.1 Å². The Kier molecular flexibility index (Phi) is 6.69. The molecule has 0 amide bonds. The first-order chi connectivity index (χ1) is 20.0. The highest BCUT2D eigenvalue weighted by Crippen LogP contribution is 2.37. The summed E-state index contributed by atoms with van der Waals surface area (Å²) in [5.41, 5.74) is 4.40. The molecule has 2 aromatic carbocycles. The van der Waals surface area contributed by atoms with Gasteiger partial charge in [0.2, 0.25) is 0 Å². The van der Waals surface area contributed by atoms with Gasteiger partial charge in [-0.15, -0.1) is 0 Å². The van der Waals surface area contributed by atoms with Crippen LogP contribution in [0.15, 0.2) is 48.8 Å². The Bertz CT molecular complexity index is 1610. The number of ether oxygens (including phenoxy) is 1. The standard InChI is InChI=1S/C32H34F2N6O/c1-20-14-22-15-35-16-27(34)25(22)17-40(20)31-24-11-13-39(29-10-4-7-21-6-3-9-26(33)30(21)29)18-28(24)36-32(37-31)41-19-23-8-5-12-38(23)2/h3-4,6-7,9-10,15-16,20,23H,5,8,11-14,17-19H2,1-2H3/t20-,23-/m1/s1. The van der Waals surface area contributed by atoms with Crippen molar-refractivity contribution in [3.63, 3.8) is 0 Å². The normalized spacial score (nSPS) is 20.8. The highest BCUT2D eigenvalue weighted by atomic mass is 19.1. The Balaban J connectivity index is 1.27. The molecule has 41 heavy (non-hydrogen) atoms. The number of anilines is 2. The van der Waals surface area contributed by atoms with Crippen LogP contribution in [0.2, 0.25) is 0 Å². The van der Waals surface area contributed by atoms with E-state index in [4.69, 9.17) is 14.7 Å². The predicted molar refractivity (Wildman–Crippen MR) is 155 cm³/mol. The summed E-state index contributed by atoms with van der Waals surface area (Å²) in [5.74, 6) is 0.296. The van der Waals surface area contributed by atoms with E-state index in [1.165, 1.54) is 12.3 Å². The number of likely N-dealkylation sites (tertiary alicyclic amines) is 1. The fourth-order valence-corrected chi connectivity index (χ4v) is 6.69. The van der Waals surface area contributed by atoms with Crippen molar-refractivity contribution in [1.29, 1.82) is 0 Å². The third-order valence-corrected chi connectivity index (χ3v) is 9.01. The highest BCUT2D eigenvalue weighted by Gasteiger charge is 2.32. The lowest BCUT2D eigenvalue weighted by atomic mass is 9.95. The fraction of sp³-hybridized carbons (Fsp3) is 0.406. The van der Waals surface area contributed by atoms with E-state index in [2.05, 4.69) is 33.7 Å². The number of halogens is 2. The molecule has 0 saturated carbocycles. The van der Waals surface area contributed by atoms with E-state index < -0.39 is 0 Å². The number of hydrogen-bond donors (Lipinski definition) is 0. The zero-order chi connectivity index (χ0) is 28.1. The van der Waals surface area contributed by atoms with Crippen LogP contribution in [0.5, 0.6) is 6.01 Å². The van der Waals surface area contributed by atoms with Crippen molar-refractivity contribution >= 4 is 22.3 Å². The summed E-state index contributed by atoms with van der Waals surface area (Å²) in [6.07, 6.45) is 6.68. The number of fused-ring (bicyclic) bond motifs is 3. The topological polar surface area (TPSA) is 57.6 Å². The van der Waals surface area contributed by atoms with Gasteiger partial charge in [-0.25, -0.2) is 8.78 Å². The number of aromatic nitrogens is 3. The molecule has 2 aromatic heterocycles. The smallest absolute Gasteiger partial charge is 0.318 e. The quantitative estimate of drug-likeness (QED) is 0.331. The molecule has 0 aliphatic carbocycles. The van der Waals surface area contributed by atoms with Gasteiger partial charge in [-0.3, -0.25) is 4.98 Å². The Labute approximate surface area is 238 Å². The van der Waals surface area contributed by atoms with Crippen molar-refractivity contribution in [2.75, 3.05) is 36.5 Å². The minimum absolute atomic E-state index is 0.101. The number of likely N-dealkylation sites (N-methyl/N-ethyl adjacent to an activating group) is 1. The summed E-state index contributed by atoms with van der Waals surface area (Å²) < 4.78 is 36.1. The molecular weight excluding hydrogens is 522 g/mol. The van der Waals surface area contributed by atoms with Crippen LogP contribution in [0.4, 0.5) is 20.3 Å². The summed E-state index contributed by atoms with van der Waals surface area (Å²) in [5, 5.41) is 1.50. The maximum atomic E-state index is 15.0. The van der Waals surface area contributed by atoms with Gasteiger partial charge in [0.05, 0.1) is 18.4 Å². The van der Waals surface area contributed by atoms with Gasteiger partial charge in [0.15, 0.2) is 0 Å². The van der Waals surface area contributed by atoms with E-state index in [-0.39, 0.29) is 17.7 Å². The maximum absolute atomic E-state index is 15.0. The molecule has 0 unspecified atom stereocenters. The molecule has 0 bridgehead atoms. The predicted octanol–water partition coefficient (Wildman–Crippen LogP) is 5.29. The molecule has 0 N–H and O–H groups in total. The summed E-state index contributed by atoms with van der Waals surface area (Å²) in [6.45, 7) is 5.34. The molecular formula is C32H34F2N6O. The van der Waals surface area contributed by atoms with Crippen molar-refractivity contribution in [3.8, 4) is 6.01 Å². The highest BCUT2D eigenvalue weighted by molar-refractivity contribution is 5.95. The first-order valence-electron chi connectivity index (χ1n) is 14.5. The molecule has 5 heterocycles. The monoisotopic (exact) mass is 556 g/mol. The molecule has 212 valence electrons. The summed E-state index contributed by atoms with van der Waals surface area (Å²) in [6, 6.07) is 11.9. The van der Waals surface area contributed by atoms with E-state index in [1.54, 1.807) is 12.3 Å². The fourth-order valence-electron chi connectivity index (χ4n) is 6.69. The molecule has 1 saturated heterocycles. The second-order valence-corrected chi connectivity index (χ2v) is 11.6. The summed E-state index contributed by atoms with van der Waals surface area (Å²) >= 11 is 0. The number of hydrogen-bond acceptors (Lipinski definition) is 7. The maximum Gasteiger partial charge on any atom is 0.318 e. The van der Waals surface area contributed by atoms with Crippen molar-refractivity contribution in [1.82, 2.24) is 19.9 Å². The summed E-state index contributed by atoms with van der Waals surface area (Å²) in [7, 11) is 2.12. The zero-order valence-corrected chi connectivity index (χ0v) is 23.5. The first-order valence-corrected chi connectivity index (χ1v) is 14.5. The molecule has 4 aromatic rings. The lowest BCUT2D eigenvalue weighted by Crippen LogP contribution is -2.41. The van der Waals surface area contributed by atoms with Crippen LogP contribution in [-0.2, 0) is 25.9 Å². The summed E-state index contributed by atoms with van der Waals surface area (Å²) in [4.78, 5) is 20.7. The molecule has 3 aliphatic rings. The molecule has 0 spiro atoms. The SMILES string of the molecule is C[C@@H]1Cc2cncc(F)c2CN1c1nc(OC[C@H]2CCCN2C)nc2c1CCN(c1cccc3cccc(F)c13)C2. The average molecular weight is 557 g/mol. The Morgan fingerprint density at radius 2 is 1.83 bits per heavy atom. The molecule has 2 atom stereocenters. The van der Waals surface area contributed by atoms with Crippen molar-refractivity contribution in [2.24, 2.45) is 0 Å². The van der Waals surface area contributed by atoms with Gasteiger partial charge in [0.25, 0.3) is 0 Å². The minimum atomic E-state index is -0.285. The number of rotatable bonds is 5. The van der Waals surface area contributed by atoms with Crippen LogP contribution >= 0.6 is 0 Å². The third-order valence-electron chi connectivity index (χ3n) is 9.01. The second-order valence-electron chi connectivity index (χ2n) is 11.6. The van der Waals surface area contributed by atoms with Crippen LogP contribution in [0, 0.1) is 11.6 Å². The zero-order valence-electron chi connectivity index (χ0n) is 23.5. The van der Waals surface area contributed by atoms with Crippen LogP contribution in [-0.4, -0.2) is 58.7 Å². The third kappa shape index (κ3) is 4.76. The van der Waals surface area contributed by atoms with Gasteiger partial charge in [0.1, 0.15) is 24.1 Å². The van der Waals surface area contributed by atoms with Crippen molar-refractivity contribution < 1.29 is 13.5 Å². The first kappa shape index (κ1) is 26.1. The van der Waals surface area contributed by atoms with Crippen LogP contribution < -0.4 is 14.5 Å². The van der Waals surface area contributed by atoms with E-state index in [1.807, 2.05) is 24.3 Å². The molecule has 9 heteroatoms. The minimum Gasteiger partial charge on any atom is -0.462 e. The lowest BCUT2D eigenvalue weighted by Gasteiger charge is -2.39. The van der Waals surface area contributed by atoms with Gasteiger partial charge in [-0.2, -0.15) is 9.97 Å². The van der Waals surface area contributed by atoms with Gasteiger partial charge in [0, 0.05) is 53.6 Å². The molecule has 3 aliphatic heterocycles. The molecule has 1 fully saturated rings. The van der Waals surface area contributed by atoms with E-state index in [0.717, 1.165) is 53.1 Å². The van der Waals surface area contributed by atoms with E-state index in [0.29, 0.717) is 62.1 Å². The number of pyridine rings is 1.